The van der Waals surface area contributed by atoms with Crippen LogP contribution in [-0.4, -0.2) is 19.8 Å². The fourth-order valence-electron chi connectivity index (χ4n) is 5.37. The first-order chi connectivity index (χ1) is 16.7. The Bertz CT molecular complexity index is 1240. The van der Waals surface area contributed by atoms with Crippen molar-refractivity contribution in [1.29, 1.82) is 0 Å². The molecule has 0 aliphatic heterocycles. The normalized spacial score (nSPS) is 13.1. The van der Waals surface area contributed by atoms with E-state index in [9.17, 15) is 0 Å². The van der Waals surface area contributed by atoms with Gasteiger partial charge in [0.15, 0.2) is 0 Å². The molecule has 0 heterocycles. The molecule has 172 valence electrons. The Morgan fingerprint density at radius 1 is 0.529 bits per heavy atom. The molecule has 0 aromatic heterocycles. The van der Waals surface area contributed by atoms with Gasteiger partial charge in [-0.15, -0.1) is 0 Å². The van der Waals surface area contributed by atoms with Gasteiger partial charge in [0.1, 0.15) is 17.2 Å². The number of hydrogen-bond acceptors (Lipinski definition) is 3. The average molecular weight is 451 g/mol. The highest BCUT2D eigenvalue weighted by Gasteiger charge is 2.50. The molecule has 0 fully saturated rings. The monoisotopic (exact) mass is 450 g/mol. The minimum Gasteiger partial charge on any atom is -0.494 e. The van der Waals surface area contributed by atoms with Gasteiger partial charge in [0, 0.05) is 17.2 Å². The molecule has 0 amide bonds. The van der Waals surface area contributed by atoms with Crippen LogP contribution in [0.4, 0.5) is 0 Å². The topological polar surface area (TPSA) is 27.7 Å². The summed E-state index contributed by atoms with van der Waals surface area (Å²) in [6, 6.07) is 31.9. The standard InChI is InChI=1S/C31H30O3/c1-4-32-24-20-26-25-18-13-19-27(33-5-2)29(25)31(22-14-9-7-10-15-22,23-16-11-8-12-17-23)30(26)28(21-24)34-6-3/h7-21H,4-6H2,1-3H3. The Balaban J connectivity index is 1.99. The Labute approximate surface area is 201 Å². The highest BCUT2D eigenvalue weighted by Crippen LogP contribution is 2.62. The molecular formula is C31H30O3. The van der Waals surface area contributed by atoms with E-state index in [-0.39, 0.29) is 0 Å². The Morgan fingerprint density at radius 2 is 1.09 bits per heavy atom. The van der Waals surface area contributed by atoms with Gasteiger partial charge < -0.3 is 14.2 Å². The van der Waals surface area contributed by atoms with Crippen LogP contribution in [0.5, 0.6) is 17.2 Å². The zero-order valence-corrected chi connectivity index (χ0v) is 20.0. The van der Waals surface area contributed by atoms with Gasteiger partial charge in [0.25, 0.3) is 0 Å². The second-order valence-electron chi connectivity index (χ2n) is 8.30. The van der Waals surface area contributed by atoms with Crippen molar-refractivity contribution in [3.05, 3.63) is 113 Å². The van der Waals surface area contributed by atoms with E-state index in [1.165, 1.54) is 11.1 Å². The lowest BCUT2D eigenvalue weighted by atomic mass is 9.67. The van der Waals surface area contributed by atoms with Crippen LogP contribution in [0.15, 0.2) is 91.0 Å². The van der Waals surface area contributed by atoms with E-state index in [2.05, 4.69) is 84.9 Å². The molecule has 4 aromatic carbocycles. The van der Waals surface area contributed by atoms with Crippen LogP contribution >= 0.6 is 0 Å². The van der Waals surface area contributed by atoms with Gasteiger partial charge in [-0.1, -0.05) is 72.8 Å². The number of benzene rings is 4. The second kappa shape index (κ2) is 9.26. The van der Waals surface area contributed by atoms with E-state index in [0.717, 1.165) is 39.5 Å². The molecule has 0 bridgehead atoms. The SMILES string of the molecule is CCOc1cc(OCC)c2c(c1)-c1cccc(OCC)c1C2(c1ccccc1)c1ccccc1. The summed E-state index contributed by atoms with van der Waals surface area (Å²) in [6.45, 7) is 7.82. The van der Waals surface area contributed by atoms with E-state index in [1.807, 2.05) is 26.8 Å². The molecule has 1 aliphatic rings. The maximum Gasteiger partial charge on any atom is 0.128 e. The minimum atomic E-state index is -0.589. The van der Waals surface area contributed by atoms with Crippen LogP contribution < -0.4 is 14.2 Å². The number of rotatable bonds is 8. The third kappa shape index (κ3) is 3.35. The molecule has 0 atom stereocenters. The quantitative estimate of drug-likeness (QED) is 0.249. The molecule has 0 radical (unpaired) electrons. The highest BCUT2D eigenvalue weighted by atomic mass is 16.5. The lowest BCUT2D eigenvalue weighted by molar-refractivity contribution is 0.318. The van der Waals surface area contributed by atoms with Gasteiger partial charge in [-0.05, 0) is 55.2 Å². The maximum atomic E-state index is 6.34. The minimum absolute atomic E-state index is 0.566. The fraction of sp³-hybridized carbons (Fsp3) is 0.226. The lowest BCUT2D eigenvalue weighted by Gasteiger charge is -2.35. The summed E-state index contributed by atoms with van der Waals surface area (Å²) < 4.78 is 18.6. The highest BCUT2D eigenvalue weighted by molar-refractivity contribution is 5.91. The van der Waals surface area contributed by atoms with Crippen LogP contribution in [0.2, 0.25) is 0 Å². The molecule has 0 unspecified atom stereocenters. The summed E-state index contributed by atoms with van der Waals surface area (Å²) in [6.07, 6.45) is 0. The first-order valence-corrected chi connectivity index (χ1v) is 12.1. The number of ether oxygens (including phenoxy) is 3. The van der Waals surface area contributed by atoms with Crippen molar-refractivity contribution < 1.29 is 14.2 Å². The predicted octanol–water partition coefficient (Wildman–Crippen LogP) is 7.25. The van der Waals surface area contributed by atoms with Crippen LogP contribution in [-0.2, 0) is 5.41 Å². The van der Waals surface area contributed by atoms with Gasteiger partial charge in [-0.25, -0.2) is 0 Å². The molecule has 5 rings (SSSR count). The van der Waals surface area contributed by atoms with Crippen molar-refractivity contribution in [2.45, 2.75) is 26.2 Å². The van der Waals surface area contributed by atoms with E-state index in [0.29, 0.717) is 19.8 Å². The molecular weight excluding hydrogens is 420 g/mol. The van der Waals surface area contributed by atoms with Crippen molar-refractivity contribution >= 4 is 0 Å². The van der Waals surface area contributed by atoms with Crippen LogP contribution in [0.25, 0.3) is 11.1 Å². The Hall–Kier alpha value is -3.72. The summed E-state index contributed by atoms with van der Waals surface area (Å²) in [5.74, 6) is 2.55. The number of fused-ring (bicyclic) bond motifs is 3. The summed E-state index contributed by atoms with van der Waals surface area (Å²) in [5, 5.41) is 0. The molecule has 0 saturated carbocycles. The summed E-state index contributed by atoms with van der Waals surface area (Å²) in [4.78, 5) is 0. The van der Waals surface area contributed by atoms with E-state index in [1.54, 1.807) is 0 Å². The summed E-state index contributed by atoms with van der Waals surface area (Å²) in [7, 11) is 0. The first kappa shape index (κ1) is 22.1. The van der Waals surface area contributed by atoms with E-state index < -0.39 is 5.41 Å². The summed E-state index contributed by atoms with van der Waals surface area (Å²) in [5.41, 5.74) is 6.33. The molecule has 0 saturated heterocycles. The fourth-order valence-corrected chi connectivity index (χ4v) is 5.37. The first-order valence-electron chi connectivity index (χ1n) is 12.1. The lowest BCUT2D eigenvalue weighted by Crippen LogP contribution is -2.30. The molecule has 4 aromatic rings. The zero-order chi connectivity index (χ0) is 23.5. The Kier molecular flexibility index (Phi) is 6.02. The van der Waals surface area contributed by atoms with E-state index in [4.69, 9.17) is 14.2 Å². The van der Waals surface area contributed by atoms with Gasteiger partial charge in [0.05, 0.1) is 25.2 Å². The van der Waals surface area contributed by atoms with Gasteiger partial charge in [-0.2, -0.15) is 0 Å². The maximum absolute atomic E-state index is 6.34. The molecule has 3 nitrogen and oxygen atoms in total. The van der Waals surface area contributed by atoms with Gasteiger partial charge in [0.2, 0.25) is 0 Å². The molecule has 3 heteroatoms. The van der Waals surface area contributed by atoms with Gasteiger partial charge in [-0.3, -0.25) is 0 Å². The Morgan fingerprint density at radius 3 is 1.68 bits per heavy atom. The van der Waals surface area contributed by atoms with Crippen molar-refractivity contribution in [1.82, 2.24) is 0 Å². The van der Waals surface area contributed by atoms with Crippen molar-refractivity contribution in [2.24, 2.45) is 0 Å². The third-order valence-corrected chi connectivity index (χ3v) is 6.47. The smallest absolute Gasteiger partial charge is 0.128 e. The van der Waals surface area contributed by atoms with Crippen molar-refractivity contribution in [3.63, 3.8) is 0 Å². The van der Waals surface area contributed by atoms with Crippen LogP contribution in [0.1, 0.15) is 43.0 Å². The molecule has 34 heavy (non-hydrogen) atoms. The molecule has 0 spiro atoms. The van der Waals surface area contributed by atoms with Crippen LogP contribution in [0.3, 0.4) is 0 Å². The zero-order valence-electron chi connectivity index (χ0n) is 20.0. The molecule has 0 N–H and O–H groups in total. The number of hydrogen-bond donors (Lipinski definition) is 0. The second-order valence-corrected chi connectivity index (χ2v) is 8.30. The average Bonchev–Trinajstić information content (AvgIpc) is 3.18. The van der Waals surface area contributed by atoms with E-state index >= 15 is 0 Å². The predicted molar refractivity (Wildman–Crippen MR) is 137 cm³/mol. The largest absolute Gasteiger partial charge is 0.494 e. The van der Waals surface area contributed by atoms with Crippen molar-refractivity contribution in [3.8, 4) is 28.4 Å². The third-order valence-electron chi connectivity index (χ3n) is 6.47. The molecule has 1 aliphatic carbocycles. The summed E-state index contributed by atoms with van der Waals surface area (Å²) >= 11 is 0. The van der Waals surface area contributed by atoms with Crippen molar-refractivity contribution in [2.75, 3.05) is 19.8 Å². The van der Waals surface area contributed by atoms with Gasteiger partial charge >= 0.3 is 0 Å². The van der Waals surface area contributed by atoms with Crippen LogP contribution in [0, 0.1) is 0 Å².